The van der Waals surface area contributed by atoms with Crippen LogP contribution in [0.25, 0.3) is 0 Å². The molecule has 0 spiro atoms. The Hall–Kier alpha value is -3.26. The van der Waals surface area contributed by atoms with E-state index in [1.54, 1.807) is 6.20 Å². The molecule has 1 amide bonds. The van der Waals surface area contributed by atoms with Gasteiger partial charge in [0.1, 0.15) is 11.6 Å². The van der Waals surface area contributed by atoms with E-state index in [9.17, 15) is 4.79 Å². The second kappa shape index (κ2) is 9.77. The van der Waals surface area contributed by atoms with E-state index >= 15 is 0 Å². The van der Waals surface area contributed by atoms with E-state index in [-0.39, 0.29) is 17.9 Å². The Labute approximate surface area is 205 Å². The molecular weight excluding hydrogens is 438 g/mol. The summed E-state index contributed by atoms with van der Waals surface area (Å²) < 4.78 is 0. The molecule has 4 N–H and O–H groups in total. The monoisotopic (exact) mass is 471 g/mol. The zero-order valence-corrected chi connectivity index (χ0v) is 20.0. The minimum Gasteiger partial charge on any atom is -0.353 e. The van der Waals surface area contributed by atoms with Gasteiger partial charge in [-0.05, 0) is 68.6 Å². The van der Waals surface area contributed by atoms with Crippen LogP contribution in [-0.2, 0) is 24.2 Å². The maximum Gasteiger partial charge on any atom is 0.223 e. The van der Waals surface area contributed by atoms with Crippen molar-refractivity contribution >= 4 is 17.5 Å². The molecule has 3 aromatic rings. The van der Waals surface area contributed by atoms with Crippen molar-refractivity contribution in [1.82, 2.24) is 30.8 Å². The Morgan fingerprint density at radius 2 is 1.69 bits per heavy atom. The SMILES string of the molecule is O=C(NC1CCC(NCc2nccc(Nc3cc(C4CC4)[nH]n3)n2)CC1)C1Cc2ccccc2C1. The second-order valence-electron chi connectivity index (χ2n) is 10.3. The van der Waals surface area contributed by atoms with Crippen molar-refractivity contribution in [2.24, 2.45) is 5.92 Å². The molecule has 182 valence electrons. The van der Waals surface area contributed by atoms with Crippen LogP contribution < -0.4 is 16.0 Å². The minimum atomic E-state index is 0.0862. The number of aromatic amines is 1. The van der Waals surface area contributed by atoms with E-state index in [4.69, 9.17) is 0 Å². The third-order valence-corrected chi connectivity index (χ3v) is 7.62. The minimum absolute atomic E-state index is 0.0862. The maximum absolute atomic E-state index is 12.8. The van der Waals surface area contributed by atoms with E-state index in [0.29, 0.717) is 18.5 Å². The first-order valence-corrected chi connectivity index (χ1v) is 12.9. The summed E-state index contributed by atoms with van der Waals surface area (Å²) in [6.45, 7) is 0.630. The zero-order chi connectivity index (χ0) is 23.6. The number of benzene rings is 1. The first kappa shape index (κ1) is 22.2. The van der Waals surface area contributed by atoms with Crippen LogP contribution in [0.4, 0.5) is 11.6 Å². The van der Waals surface area contributed by atoms with Crippen LogP contribution in [0.3, 0.4) is 0 Å². The zero-order valence-electron chi connectivity index (χ0n) is 20.0. The summed E-state index contributed by atoms with van der Waals surface area (Å²) in [5.41, 5.74) is 3.85. The molecule has 3 aliphatic carbocycles. The molecule has 0 bridgehead atoms. The van der Waals surface area contributed by atoms with Crippen LogP contribution >= 0.6 is 0 Å². The molecule has 2 heterocycles. The van der Waals surface area contributed by atoms with Crippen molar-refractivity contribution in [2.75, 3.05) is 5.32 Å². The van der Waals surface area contributed by atoms with Gasteiger partial charge < -0.3 is 16.0 Å². The van der Waals surface area contributed by atoms with Gasteiger partial charge in [0.2, 0.25) is 5.91 Å². The lowest BCUT2D eigenvalue weighted by atomic mass is 9.90. The van der Waals surface area contributed by atoms with Crippen molar-refractivity contribution < 1.29 is 4.79 Å². The summed E-state index contributed by atoms with van der Waals surface area (Å²) in [5.74, 6) is 3.27. The molecule has 3 aliphatic rings. The Balaban J connectivity index is 0.939. The number of amides is 1. The van der Waals surface area contributed by atoms with E-state index in [2.05, 4.69) is 66.4 Å². The molecular formula is C27H33N7O. The highest BCUT2D eigenvalue weighted by Gasteiger charge is 2.30. The molecule has 8 nitrogen and oxygen atoms in total. The number of hydrogen-bond donors (Lipinski definition) is 4. The van der Waals surface area contributed by atoms with Crippen LogP contribution in [0.1, 0.15) is 67.1 Å². The molecule has 35 heavy (non-hydrogen) atoms. The molecule has 0 radical (unpaired) electrons. The molecule has 0 unspecified atom stereocenters. The lowest BCUT2D eigenvalue weighted by Gasteiger charge is -2.30. The first-order valence-electron chi connectivity index (χ1n) is 12.9. The topological polar surface area (TPSA) is 108 Å². The average molecular weight is 472 g/mol. The fraction of sp³-hybridized carbons (Fsp3) is 0.481. The Morgan fingerprint density at radius 1 is 0.943 bits per heavy atom. The smallest absolute Gasteiger partial charge is 0.223 e. The molecule has 2 fully saturated rings. The van der Waals surface area contributed by atoms with Gasteiger partial charge >= 0.3 is 0 Å². The molecule has 0 atom stereocenters. The van der Waals surface area contributed by atoms with Crippen molar-refractivity contribution in [2.45, 2.75) is 75.9 Å². The Morgan fingerprint density at radius 3 is 2.43 bits per heavy atom. The Bertz CT molecular complexity index is 1150. The van der Waals surface area contributed by atoms with Gasteiger partial charge in [0.15, 0.2) is 5.82 Å². The number of aromatic nitrogens is 4. The van der Waals surface area contributed by atoms with Gasteiger partial charge in [0.05, 0.1) is 6.54 Å². The van der Waals surface area contributed by atoms with Gasteiger partial charge in [-0.15, -0.1) is 0 Å². The van der Waals surface area contributed by atoms with Gasteiger partial charge in [-0.2, -0.15) is 5.10 Å². The predicted octanol–water partition coefficient (Wildman–Crippen LogP) is 3.75. The summed E-state index contributed by atoms with van der Waals surface area (Å²) in [5, 5.41) is 17.7. The fourth-order valence-electron chi connectivity index (χ4n) is 5.43. The number of rotatable bonds is 8. The highest BCUT2D eigenvalue weighted by molar-refractivity contribution is 5.80. The number of nitrogens with one attached hydrogen (secondary N) is 4. The molecule has 8 heteroatoms. The van der Waals surface area contributed by atoms with E-state index in [0.717, 1.165) is 56.0 Å². The number of carbonyl (C=O) groups excluding carboxylic acids is 1. The van der Waals surface area contributed by atoms with Gasteiger partial charge in [0.25, 0.3) is 0 Å². The van der Waals surface area contributed by atoms with Gasteiger partial charge in [-0.1, -0.05) is 24.3 Å². The molecule has 6 rings (SSSR count). The molecule has 2 aromatic heterocycles. The van der Waals surface area contributed by atoms with Crippen molar-refractivity contribution in [3.05, 3.63) is 65.2 Å². The highest BCUT2D eigenvalue weighted by Crippen LogP contribution is 2.39. The van der Waals surface area contributed by atoms with Crippen LogP contribution in [0.5, 0.6) is 0 Å². The highest BCUT2D eigenvalue weighted by atomic mass is 16.1. The summed E-state index contributed by atoms with van der Waals surface area (Å²) in [7, 11) is 0. The first-order chi connectivity index (χ1) is 17.2. The van der Waals surface area contributed by atoms with E-state index in [1.165, 1.54) is 29.7 Å². The van der Waals surface area contributed by atoms with Crippen LogP contribution in [0.2, 0.25) is 0 Å². The lowest BCUT2D eigenvalue weighted by Crippen LogP contribution is -2.44. The summed E-state index contributed by atoms with van der Waals surface area (Å²) in [6, 6.07) is 13.1. The van der Waals surface area contributed by atoms with Crippen LogP contribution in [0, 0.1) is 5.92 Å². The molecule has 1 aromatic carbocycles. The van der Waals surface area contributed by atoms with Gasteiger partial charge in [0, 0.05) is 41.9 Å². The Kier molecular flexibility index (Phi) is 6.21. The number of nitrogens with zero attached hydrogens (tertiary/aromatic N) is 3. The molecule has 0 saturated heterocycles. The average Bonchev–Trinajstić information content (AvgIpc) is 3.46. The van der Waals surface area contributed by atoms with E-state index < -0.39 is 0 Å². The fourth-order valence-corrected chi connectivity index (χ4v) is 5.43. The van der Waals surface area contributed by atoms with Crippen molar-refractivity contribution in [3.63, 3.8) is 0 Å². The number of hydrogen-bond acceptors (Lipinski definition) is 6. The predicted molar refractivity (Wildman–Crippen MR) is 134 cm³/mol. The van der Waals surface area contributed by atoms with Crippen LogP contribution in [0.15, 0.2) is 42.6 Å². The van der Waals surface area contributed by atoms with Crippen molar-refractivity contribution in [3.8, 4) is 0 Å². The third kappa shape index (κ3) is 5.37. The second-order valence-corrected chi connectivity index (χ2v) is 10.3. The number of anilines is 2. The third-order valence-electron chi connectivity index (χ3n) is 7.62. The lowest BCUT2D eigenvalue weighted by molar-refractivity contribution is -0.125. The van der Waals surface area contributed by atoms with Crippen molar-refractivity contribution in [1.29, 1.82) is 0 Å². The molecule has 0 aliphatic heterocycles. The number of carbonyl (C=O) groups is 1. The molecule has 2 saturated carbocycles. The summed E-state index contributed by atoms with van der Waals surface area (Å²) in [6.07, 6.45) is 10.1. The maximum atomic E-state index is 12.8. The van der Waals surface area contributed by atoms with Gasteiger partial charge in [-0.25, -0.2) is 9.97 Å². The standard InChI is InChI=1S/C27H33N7O/c35-27(20-13-18-3-1-2-4-19(18)14-20)30-22-9-7-21(8-10-22)29-16-26-28-12-11-24(32-26)31-25-15-23(33-34-25)17-5-6-17/h1-4,11-12,15,17,20-22,29H,5-10,13-14,16H2,(H,30,35)(H2,28,31,32,33,34). The van der Waals surface area contributed by atoms with E-state index in [1.807, 2.05) is 6.07 Å². The van der Waals surface area contributed by atoms with Crippen LogP contribution in [-0.4, -0.2) is 38.2 Å². The number of H-pyrrole nitrogens is 1. The largest absolute Gasteiger partial charge is 0.353 e. The summed E-state index contributed by atoms with van der Waals surface area (Å²) in [4.78, 5) is 21.9. The normalized spacial score (nSPS) is 22.1. The van der Waals surface area contributed by atoms with Gasteiger partial charge in [-0.3, -0.25) is 9.89 Å². The summed E-state index contributed by atoms with van der Waals surface area (Å²) >= 11 is 0. The quantitative estimate of drug-likeness (QED) is 0.399. The number of fused-ring (bicyclic) bond motifs is 1.